The van der Waals surface area contributed by atoms with Crippen molar-refractivity contribution in [2.75, 3.05) is 0 Å². The molecule has 0 atom stereocenters. The number of aryl methyl sites for hydroxylation is 2. The largest absolute Gasteiger partial charge is 0.346 e. The highest BCUT2D eigenvalue weighted by atomic mass is 79.9. The van der Waals surface area contributed by atoms with Crippen LogP contribution >= 0.6 is 15.9 Å². The van der Waals surface area contributed by atoms with Gasteiger partial charge in [-0.15, -0.1) is 0 Å². The first-order valence-electron chi connectivity index (χ1n) is 7.82. The molecule has 22 heavy (non-hydrogen) atoms. The maximum atomic E-state index is 4.40. The molecule has 0 spiro atoms. The number of rotatable bonds is 6. The number of fused-ring (bicyclic) bond motifs is 1. The second-order valence-electron chi connectivity index (χ2n) is 5.72. The van der Waals surface area contributed by atoms with Gasteiger partial charge in [0.25, 0.3) is 0 Å². The van der Waals surface area contributed by atoms with Crippen LogP contribution in [0.1, 0.15) is 32.6 Å². The summed E-state index contributed by atoms with van der Waals surface area (Å²) in [6.07, 6.45) is 13.2. The number of hydrogen-bond acceptors (Lipinski definition) is 2. The lowest BCUT2D eigenvalue weighted by molar-refractivity contribution is 0.593. The fourth-order valence-corrected chi connectivity index (χ4v) is 3.18. The van der Waals surface area contributed by atoms with Crippen LogP contribution in [0.5, 0.6) is 0 Å². The van der Waals surface area contributed by atoms with Gasteiger partial charge in [0.2, 0.25) is 0 Å². The highest BCUT2D eigenvalue weighted by Gasteiger charge is 2.12. The fourth-order valence-electron chi connectivity index (χ4n) is 2.85. The van der Waals surface area contributed by atoms with Gasteiger partial charge >= 0.3 is 0 Å². The van der Waals surface area contributed by atoms with Gasteiger partial charge in [-0.2, -0.15) is 5.10 Å². The Kier molecular flexibility index (Phi) is 4.62. The van der Waals surface area contributed by atoms with Crippen LogP contribution in [0.15, 0.2) is 35.5 Å². The van der Waals surface area contributed by atoms with Gasteiger partial charge in [0.1, 0.15) is 4.60 Å². The second kappa shape index (κ2) is 6.65. The monoisotopic (exact) mass is 360 g/mol. The van der Waals surface area contributed by atoms with Crippen molar-refractivity contribution in [3.05, 3.63) is 35.5 Å². The molecule has 0 amide bonds. The Balaban J connectivity index is 1.99. The van der Waals surface area contributed by atoms with E-state index in [0.717, 1.165) is 16.7 Å². The minimum Gasteiger partial charge on any atom is -0.346 e. The lowest BCUT2D eigenvalue weighted by Gasteiger charge is -2.04. The third-order valence-corrected chi connectivity index (χ3v) is 4.44. The molecule has 0 radical (unpaired) electrons. The van der Waals surface area contributed by atoms with E-state index in [1.807, 2.05) is 24.1 Å². The van der Waals surface area contributed by atoms with Crippen LogP contribution in [0.2, 0.25) is 0 Å². The molecular weight excluding hydrogens is 340 g/mol. The van der Waals surface area contributed by atoms with Crippen LogP contribution in [-0.4, -0.2) is 19.3 Å². The average Bonchev–Trinajstić information content (AvgIpc) is 3.07. The van der Waals surface area contributed by atoms with Crippen LogP contribution in [0, 0.1) is 0 Å². The van der Waals surface area contributed by atoms with E-state index in [0.29, 0.717) is 0 Å². The van der Waals surface area contributed by atoms with E-state index >= 15 is 0 Å². The number of halogens is 1. The molecular formula is C17H21BrN4. The van der Waals surface area contributed by atoms with Gasteiger partial charge in [0.05, 0.1) is 17.9 Å². The number of aromatic nitrogens is 4. The van der Waals surface area contributed by atoms with Gasteiger partial charge in [-0.25, -0.2) is 4.98 Å². The third-order valence-electron chi connectivity index (χ3n) is 4.00. The molecule has 0 unspecified atom stereocenters. The normalized spacial score (nSPS) is 11.4. The lowest BCUT2D eigenvalue weighted by atomic mass is 10.1. The second-order valence-corrected chi connectivity index (χ2v) is 6.54. The Hall–Kier alpha value is -1.62. The number of pyridine rings is 1. The summed E-state index contributed by atoms with van der Waals surface area (Å²) < 4.78 is 5.04. The molecule has 3 aromatic heterocycles. The zero-order valence-electron chi connectivity index (χ0n) is 13.1. The highest BCUT2D eigenvalue weighted by molar-refractivity contribution is 9.10. The molecule has 0 saturated carbocycles. The average molecular weight is 361 g/mol. The number of unbranched alkanes of at least 4 members (excludes halogenated alkanes) is 3. The van der Waals surface area contributed by atoms with Gasteiger partial charge in [-0.05, 0) is 28.4 Å². The zero-order chi connectivity index (χ0) is 15.5. The quantitative estimate of drug-likeness (QED) is 0.468. The van der Waals surface area contributed by atoms with Crippen LogP contribution in [-0.2, 0) is 13.6 Å². The molecule has 0 N–H and O–H groups in total. The van der Waals surface area contributed by atoms with Crippen LogP contribution in [0.3, 0.4) is 0 Å². The fraction of sp³-hybridized carbons (Fsp3) is 0.412. The Morgan fingerprint density at radius 3 is 2.73 bits per heavy atom. The predicted molar refractivity (Wildman–Crippen MR) is 93.8 cm³/mol. The minimum atomic E-state index is 0.869. The van der Waals surface area contributed by atoms with E-state index < -0.39 is 0 Å². The topological polar surface area (TPSA) is 35.6 Å². The van der Waals surface area contributed by atoms with E-state index in [1.165, 1.54) is 42.1 Å². The van der Waals surface area contributed by atoms with E-state index in [2.05, 4.69) is 56.0 Å². The summed E-state index contributed by atoms with van der Waals surface area (Å²) in [6, 6.07) is 2.10. The molecule has 0 aliphatic rings. The first kappa shape index (κ1) is 15.3. The van der Waals surface area contributed by atoms with Gasteiger partial charge in [0, 0.05) is 42.5 Å². The van der Waals surface area contributed by atoms with Crippen molar-refractivity contribution in [1.29, 1.82) is 0 Å². The lowest BCUT2D eigenvalue weighted by Crippen LogP contribution is -1.96. The van der Waals surface area contributed by atoms with Crippen molar-refractivity contribution in [2.24, 2.45) is 7.05 Å². The minimum absolute atomic E-state index is 0.869. The Morgan fingerprint density at radius 1 is 1.14 bits per heavy atom. The molecule has 0 saturated heterocycles. The maximum absolute atomic E-state index is 4.40. The van der Waals surface area contributed by atoms with Crippen LogP contribution < -0.4 is 0 Å². The maximum Gasteiger partial charge on any atom is 0.106 e. The smallest absolute Gasteiger partial charge is 0.106 e. The summed E-state index contributed by atoms with van der Waals surface area (Å²) in [5.74, 6) is 0. The molecule has 0 aromatic carbocycles. The molecule has 3 aromatic rings. The van der Waals surface area contributed by atoms with Crippen molar-refractivity contribution in [3.8, 4) is 11.1 Å². The summed E-state index contributed by atoms with van der Waals surface area (Å²) in [5, 5.41) is 5.53. The number of nitrogens with zero attached hydrogens (tertiary/aromatic N) is 4. The van der Waals surface area contributed by atoms with E-state index in [4.69, 9.17) is 0 Å². The van der Waals surface area contributed by atoms with Gasteiger partial charge < -0.3 is 4.57 Å². The summed E-state index contributed by atoms with van der Waals surface area (Å²) >= 11 is 3.49. The van der Waals surface area contributed by atoms with Gasteiger partial charge in [0.15, 0.2) is 0 Å². The SMILES string of the molecule is CCCCCCn1cc(-c2cnn(C)c2)c2cc(Br)ncc21. The first-order valence-corrected chi connectivity index (χ1v) is 8.61. The first-order chi connectivity index (χ1) is 10.7. The summed E-state index contributed by atoms with van der Waals surface area (Å²) in [7, 11) is 1.95. The molecule has 3 rings (SSSR count). The Bertz CT molecular complexity index is 772. The molecule has 3 heterocycles. The standard InChI is InChI=1S/C17H21BrN4/c1-3-4-5-6-7-22-12-15(13-9-20-21(2)11-13)14-8-17(18)19-10-16(14)22/h8-12H,3-7H2,1-2H3. The highest BCUT2D eigenvalue weighted by Crippen LogP contribution is 2.31. The molecule has 116 valence electrons. The predicted octanol–water partition coefficient (Wildman–Crippen LogP) is 4.78. The van der Waals surface area contributed by atoms with Crippen molar-refractivity contribution in [1.82, 2.24) is 19.3 Å². The molecule has 5 heteroatoms. The summed E-state index contributed by atoms with van der Waals surface area (Å²) in [6.45, 7) is 3.28. The molecule has 4 nitrogen and oxygen atoms in total. The van der Waals surface area contributed by atoms with E-state index in [1.54, 1.807) is 0 Å². The van der Waals surface area contributed by atoms with Crippen LogP contribution in [0.4, 0.5) is 0 Å². The van der Waals surface area contributed by atoms with E-state index in [9.17, 15) is 0 Å². The van der Waals surface area contributed by atoms with Crippen molar-refractivity contribution >= 4 is 26.8 Å². The third kappa shape index (κ3) is 3.09. The Labute approximate surface area is 139 Å². The van der Waals surface area contributed by atoms with Crippen molar-refractivity contribution < 1.29 is 0 Å². The number of hydrogen-bond donors (Lipinski definition) is 0. The van der Waals surface area contributed by atoms with Crippen molar-refractivity contribution in [3.63, 3.8) is 0 Å². The molecule has 0 aliphatic heterocycles. The molecule has 0 aliphatic carbocycles. The molecule has 0 fully saturated rings. The molecule has 0 bridgehead atoms. The zero-order valence-corrected chi connectivity index (χ0v) is 14.7. The summed E-state index contributed by atoms with van der Waals surface area (Å²) in [5.41, 5.74) is 3.57. The van der Waals surface area contributed by atoms with Gasteiger partial charge in [-0.1, -0.05) is 26.2 Å². The van der Waals surface area contributed by atoms with E-state index in [-0.39, 0.29) is 0 Å². The summed E-state index contributed by atoms with van der Waals surface area (Å²) in [4.78, 5) is 4.40. The van der Waals surface area contributed by atoms with Gasteiger partial charge in [-0.3, -0.25) is 4.68 Å². The Morgan fingerprint density at radius 2 is 2.00 bits per heavy atom. The van der Waals surface area contributed by atoms with Crippen molar-refractivity contribution in [2.45, 2.75) is 39.2 Å². The van der Waals surface area contributed by atoms with Crippen LogP contribution in [0.25, 0.3) is 22.0 Å².